The van der Waals surface area contributed by atoms with Crippen LogP contribution < -0.4 is 0 Å². The van der Waals surface area contributed by atoms with E-state index in [4.69, 9.17) is 14.2 Å². The molecule has 6 nitrogen and oxygen atoms in total. The van der Waals surface area contributed by atoms with E-state index in [0.717, 1.165) is 63.7 Å². The molecular weight excluding hydrogens is 757 g/mol. The minimum absolute atomic E-state index is 0.0622. The van der Waals surface area contributed by atoms with Gasteiger partial charge in [-0.15, -0.1) is 0 Å². The molecule has 0 aliphatic rings. The van der Waals surface area contributed by atoms with Crippen LogP contribution in [0.25, 0.3) is 0 Å². The zero-order valence-electron chi connectivity index (χ0n) is 41.6. The first kappa shape index (κ1) is 59.4. The first-order valence-corrected chi connectivity index (χ1v) is 27.4. The first-order valence-electron chi connectivity index (χ1n) is 27.4. The Morgan fingerprint density at radius 1 is 0.311 bits per heavy atom. The second-order valence-electron chi connectivity index (χ2n) is 19.3. The van der Waals surface area contributed by atoms with Gasteiger partial charge in [-0.1, -0.05) is 272 Å². The van der Waals surface area contributed by atoms with Gasteiger partial charge in [0, 0.05) is 19.3 Å². The van der Waals surface area contributed by atoms with Crippen molar-refractivity contribution >= 4 is 17.9 Å². The zero-order chi connectivity index (χ0) is 44.5. The van der Waals surface area contributed by atoms with Crippen LogP contribution >= 0.6 is 0 Å². The molecule has 362 valence electrons. The molecule has 0 aliphatic heterocycles. The van der Waals surface area contributed by atoms with Crippen LogP contribution in [0, 0.1) is 5.92 Å². The summed E-state index contributed by atoms with van der Waals surface area (Å²) in [6, 6.07) is 0. The fourth-order valence-electron chi connectivity index (χ4n) is 8.39. The summed E-state index contributed by atoms with van der Waals surface area (Å²) in [5, 5.41) is 0. The highest BCUT2D eigenvalue weighted by Crippen LogP contribution is 2.17. The maximum Gasteiger partial charge on any atom is 0.306 e. The van der Waals surface area contributed by atoms with Crippen LogP contribution in [0.3, 0.4) is 0 Å². The number of carbonyl (C=O) groups is 3. The van der Waals surface area contributed by atoms with E-state index in [1.54, 1.807) is 0 Å². The van der Waals surface area contributed by atoms with E-state index in [9.17, 15) is 14.4 Å². The van der Waals surface area contributed by atoms with Crippen molar-refractivity contribution in [1.29, 1.82) is 0 Å². The van der Waals surface area contributed by atoms with E-state index >= 15 is 0 Å². The van der Waals surface area contributed by atoms with Crippen molar-refractivity contribution < 1.29 is 28.6 Å². The molecule has 0 spiro atoms. The van der Waals surface area contributed by atoms with Crippen LogP contribution in [0.5, 0.6) is 0 Å². The van der Waals surface area contributed by atoms with E-state index in [-0.39, 0.29) is 31.1 Å². The molecular formula is C55H106O6. The number of esters is 3. The molecule has 0 aromatic carbocycles. The average Bonchev–Trinajstić information content (AvgIpc) is 3.24. The molecule has 0 unspecified atom stereocenters. The number of ether oxygens (including phenoxy) is 3. The highest BCUT2D eigenvalue weighted by Gasteiger charge is 2.19. The minimum Gasteiger partial charge on any atom is -0.462 e. The molecule has 0 amide bonds. The largest absolute Gasteiger partial charge is 0.462 e. The van der Waals surface area contributed by atoms with Gasteiger partial charge in [-0.3, -0.25) is 14.4 Å². The highest BCUT2D eigenvalue weighted by molar-refractivity contribution is 5.71. The van der Waals surface area contributed by atoms with Crippen molar-refractivity contribution in [2.75, 3.05) is 13.2 Å². The summed E-state index contributed by atoms with van der Waals surface area (Å²) in [5.74, 6) is 0.0125. The Morgan fingerprint density at radius 2 is 0.541 bits per heavy atom. The smallest absolute Gasteiger partial charge is 0.306 e. The summed E-state index contributed by atoms with van der Waals surface area (Å²) >= 11 is 0. The molecule has 0 aromatic rings. The topological polar surface area (TPSA) is 78.9 Å². The summed E-state index contributed by atoms with van der Waals surface area (Å²) in [7, 11) is 0. The molecule has 6 heteroatoms. The molecule has 1 atom stereocenters. The normalized spacial score (nSPS) is 12.0. The Morgan fingerprint density at radius 3 is 0.803 bits per heavy atom. The lowest BCUT2D eigenvalue weighted by Crippen LogP contribution is -2.30. The molecule has 0 aromatic heterocycles. The molecule has 0 saturated heterocycles. The average molecular weight is 863 g/mol. The van der Waals surface area contributed by atoms with Crippen molar-refractivity contribution in [3.8, 4) is 0 Å². The van der Waals surface area contributed by atoms with Crippen LogP contribution in [0.2, 0.25) is 0 Å². The summed E-state index contributed by atoms with van der Waals surface area (Å²) in [6.07, 6.45) is 52.3. The Balaban J connectivity index is 4.23. The van der Waals surface area contributed by atoms with Crippen LogP contribution in [0.4, 0.5) is 0 Å². The minimum atomic E-state index is -0.760. The van der Waals surface area contributed by atoms with Gasteiger partial charge < -0.3 is 14.2 Å². The van der Waals surface area contributed by atoms with Crippen LogP contribution in [0.1, 0.15) is 310 Å². The number of hydrogen-bond acceptors (Lipinski definition) is 6. The van der Waals surface area contributed by atoms with Gasteiger partial charge in [0.2, 0.25) is 0 Å². The van der Waals surface area contributed by atoms with Gasteiger partial charge in [0.15, 0.2) is 6.10 Å². The number of carbonyl (C=O) groups excluding carboxylic acids is 3. The second kappa shape index (κ2) is 49.4. The van der Waals surface area contributed by atoms with Crippen LogP contribution in [-0.2, 0) is 28.6 Å². The quantitative estimate of drug-likeness (QED) is 0.0344. The van der Waals surface area contributed by atoms with Gasteiger partial charge in [0.1, 0.15) is 13.2 Å². The first-order chi connectivity index (χ1) is 29.9. The molecule has 0 aliphatic carbocycles. The Bertz CT molecular complexity index is 918. The lowest BCUT2D eigenvalue weighted by Gasteiger charge is -2.18. The van der Waals surface area contributed by atoms with Gasteiger partial charge in [-0.2, -0.15) is 0 Å². The van der Waals surface area contributed by atoms with Gasteiger partial charge >= 0.3 is 17.9 Å². The molecule has 0 bridgehead atoms. The number of unbranched alkanes of at least 4 members (excludes halogenated alkanes) is 37. The van der Waals surface area contributed by atoms with Gasteiger partial charge in [0.05, 0.1) is 0 Å². The van der Waals surface area contributed by atoms with Gasteiger partial charge in [0.25, 0.3) is 0 Å². The third kappa shape index (κ3) is 49.3. The predicted octanol–water partition coefficient (Wildman–Crippen LogP) is 17.8. The van der Waals surface area contributed by atoms with E-state index in [0.29, 0.717) is 19.3 Å². The van der Waals surface area contributed by atoms with Crippen molar-refractivity contribution in [3.05, 3.63) is 0 Å². The van der Waals surface area contributed by atoms with Crippen molar-refractivity contribution in [2.45, 2.75) is 316 Å². The Labute approximate surface area is 380 Å². The fourth-order valence-corrected chi connectivity index (χ4v) is 8.39. The van der Waals surface area contributed by atoms with Crippen molar-refractivity contribution in [1.82, 2.24) is 0 Å². The van der Waals surface area contributed by atoms with Gasteiger partial charge in [-0.25, -0.2) is 0 Å². The molecule has 0 fully saturated rings. The Kier molecular flexibility index (Phi) is 48.1. The summed E-state index contributed by atoms with van der Waals surface area (Å²) in [5.41, 5.74) is 0. The molecule has 61 heavy (non-hydrogen) atoms. The van der Waals surface area contributed by atoms with E-state index in [1.807, 2.05) is 0 Å². The highest BCUT2D eigenvalue weighted by atomic mass is 16.6. The van der Waals surface area contributed by atoms with Gasteiger partial charge in [-0.05, 0) is 25.2 Å². The lowest BCUT2D eigenvalue weighted by atomic mass is 10.0. The molecule has 0 heterocycles. The molecule has 0 radical (unpaired) electrons. The fraction of sp³-hybridized carbons (Fsp3) is 0.945. The standard InChI is InChI=1S/C55H106O6/c1-5-7-9-11-13-15-17-22-27-30-34-38-42-46-53(56)59-49-52(61-55(58)48-44-40-36-32-25-16-14-12-10-8-6-2)50-60-54(57)47-43-39-35-31-28-24-21-19-18-20-23-26-29-33-37-41-45-51(3)4/h51-52H,5-50H2,1-4H3/t52-/m0/s1. The Hall–Kier alpha value is -1.59. The third-order valence-electron chi connectivity index (χ3n) is 12.5. The van der Waals surface area contributed by atoms with E-state index in [2.05, 4.69) is 27.7 Å². The van der Waals surface area contributed by atoms with Crippen molar-refractivity contribution in [3.63, 3.8) is 0 Å². The molecule has 0 saturated carbocycles. The second-order valence-corrected chi connectivity index (χ2v) is 19.3. The maximum atomic E-state index is 12.8. The van der Waals surface area contributed by atoms with E-state index < -0.39 is 6.10 Å². The predicted molar refractivity (Wildman–Crippen MR) is 261 cm³/mol. The molecule has 0 N–H and O–H groups in total. The lowest BCUT2D eigenvalue weighted by molar-refractivity contribution is -0.167. The molecule has 0 rings (SSSR count). The van der Waals surface area contributed by atoms with Crippen LogP contribution in [0.15, 0.2) is 0 Å². The maximum absolute atomic E-state index is 12.8. The van der Waals surface area contributed by atoms with E-state index in [1.165, 1.54) is 205 Å². The van der Waals surface area contributed by atoms with Crippen molar-refractivity contribution in [2.24, 2.45) is 5.92 Å². The summed E-state index contributed by atoms with van der Waals surface area (Å²) in [6.45, 7) is 9.05. The third-order valence-corrected chi connectivity index (χ3v) is 12.5. The summed E-state index contributed by atoms with van der Waals surface area (Å²) < 4.78 is 16.8. The monoisotopic (exact) mass is 863 g/mol. The SMILES string of the molecule is CCCCCCCCCCCCCCCC(=O)OC[C@@H](COC(=O)CCCCCCCCCCCCCCCCCCC(C)C)OC(=O)CCCCCCCCCCCCC. The summed E-state index contributed by atoms with van der Waals surface area (Å²) in [4.78, 5) is 38.0. The number of hydrogen-bond donors (Lipinski definition) is 0. The number of rotatable bonds is 50. The zero-order valence-corrected chi connectivity index (χ0v) is 41.6. The van der Waals surface area contributed by atoms with Crippen LogP contribution in [-0.4, -0.2) is 37.2 Å².